The average Bonchev–Trinajstić information content (AvgIpc) is 2.47. The van der Waals surface area contributed by atoms with Gasteiger partial charge in [-0.25, -0.2) is 0 Å². The largest absolute Gasteiger partial charge is 0.468 e. The van der Waals surface area contributed by atoms with Crippen molar-refractivity contribution < 1.29 is 9.53 Å². The summed E-state index contributed by atoms with van der Waals surface area (Å²) >= 11 is 0. The smallest absolute Gasteiger partial charge is 0.322 e. The minimum Gasteiger partial charge on any atom is -0.468 e. The van der Waals surface area contributed by atoms with Crippen molar-refractivity contribution >= 4 is 5.97 Å². The Labute approximate surface area is 124 Å². The molecule has 20 heavy (non-hydrogen) atoms. The lowest BCUT2D eigenvalue weighted by Gasteiger charge is -2.28. The van der Waals surface area contributed by atoms with Crippen LogP contribution in [0.25, 0.3) is 0 Å². The molecular weight excluding hydrogens is 252 g/mol. The molecule has 1 N–H and O–H groups in total. The summed E-state index contributed by atoms with van der Waals surface area (Å²) in [6, 6.07) is -0.159. The zero-order chi connectivity index (χ0) is 14.8. The van der Waals surface area contributed by atoms with E-state index in [1.54, 1.807) is 0 Å². The normalized spacial score (nSPS) is 18.2. The summed E-state index contributed by atoms with van der Waals surface area (Å²) in [5.41, 5.74) is 0. The van der Waals surface area contributed by atoms with Crippen LogP contribution in [0, 0.1) is 5.92 Å². The van der Waals surface area contributed by atoms with E-state index >= 15 is 0 Å². The van der Waals surface area contributed by atoms with Gasteiger partial charge in [0.15, 0.2) is 0 Å². The van der Waals surface area contributed by atoms with Crippen molar-refractivity contribution in [3.63, 3.8) is 0 Å². The van der Waals surface area contributed by atoms with Crippen LogP contribution in [0.3, 0.4) is 0 Å². The quantitative estimate of drug-likeness (QED) is 0.660. The third-order valence-electron chi connectivity index (χ3n) is 4.22. The first-order valence-corrected chi connectivity index (χ1v) is 8.17. The van der Waals surface area contributed by atoms with Crippen LogP contribution in [0.2, 0.25) is 0 Å². The number of esters is 1. The van der Waals surface area contributed by atoms with Gasteiger partial charge >= 0.3 is 5.97 Å². The second-order valence-corrected chi connectivity index (χ2v) is 6.08. The number of methoxy groups -OCH3 is 1. The Morgan fingerprint density at radius 2 is 2.05 bits per heavy atom. The first-order valence-electron chi connectivity index (χ1n) is 8.17. The maximum Gasteiger partial charge on any atom is 0.322 e. The maximum atomic E-state index is 11.7. The van der Waals surface area contributed by atoms with Crippen molar-refractivity contribution in [1.29, 1.82) is 0 Å². The van der Waals surface area contributed by atoms with E-state index in [0.29, 0.717) is 0 Å². The van der Waals surface area contributed by atoms with Gasteiger partial charge in [-0.3, -0.25) is 4.79 Å². The molecule has 1 fully saturated rings. The van der Waals surface area contributed by atoms with E-state index in [1.165, 1.54) is 45.8 Å². The SMILES string of the molecule is CCCNC(CCN(C)CC1CCCCC1)C(=O)OC. The standard InChI is InChI=1S/C16H32N2O2/c1-4-11-17-15(16(19)20-3)10-12-18(2)13-14-8-6-5-7-9-14/h14-15,17H,4-13H2,1-3H3. The molecule has 0 aromatic rings. The van der Waals surface area contributed by atoms with Crippen LogP contribution in [0.4, 0.5) is 0 Å². The molecule has 0 aromatic heterocycles. The van der Waals surface area contributed by atoms with Crippen molar-refractivity contribution in [3.05, 3.63) is 0 Å². The van der Waals surface area contributed by atoms with Gasteiger partial charge in [0.05, 0.1) is 7.11 Å². The van der Waals surface area contributed by atoms with Gasteiger partial charge in [0, 0.05) is 6.54 Å². The highest BCUT2D eigenvalue weighted by Gasteiger charge is 2.20. The van der Waals surface area contributed by atoms with Crippen molar-refractivity contribution in [2.45, 2.75) is 57.9 Å². The molecule has 0 aromatic carbocycles. The van der Waals surface area contributed by atoms with Crippen molar-refractivity contribution in [2.24, 2.45) is 5.92 Å². The number of hydrogen-bond donors (Lipinski definition) is 1. The average molecular weight is 284 g/mol. The van der Waals surface area contributed by atoms with Crippen LogP contribution in [-0.2, 0) is 9.53 Å². The van der Waals surface area contributed by atoms with E-state index in [1.807, 2.05) is 0 Å². The molecule has 4 nitrogen and oxygen atoms in total. The molecule has 0 saturated heterocycles. The third-order valence-corrected chi connectivity index (χ3v) is 4.22. The summed E-state index contributed by atoms with van der Waals surface area (Å²) in [7, 11) is 3.64. The Balaban J connectivity index is 2.27. The van der Waals surface area contributed by atoms with Crippen LogP contribution < -0.4 is 5.32 Å². The van der Waals surface area contributed by atoms with Gasteiger partial charge in [0.1, 0.15) is 6.04 Å². The van der Waals surface area contributed by atoms with Crippen LogP contribution in [0.5, 0.6) is 0 Å². The Bertz CT molecular complexity index is 265. The number of carbonyl (C=O) groups is 1. The fraction of sp³-hybridized carbons (Fsp3) is 0.938. The van der Waals surface area contributed by atoms with E-state index in [9.17, 15) is 4.79 Å². The summed E-state index contributed by atoms with van der Waals surface area (Å²) in [5, 5.41) is 3.28. The zero-order valence-corrected chi connectivity index (χ0v) is 13.5. The molecule has 1 aliphatic carbocycles. The molecule has 1 saturated carbocycles. The molecule has 4 heteroatoms. The maximum absolute atomic E-state index is 11.7. The highest BCUT2D eigenvalue weighted by molar-refractivity contribution is 5.75. The van der Waals surface area contributed by atoms with Crippen molar-refractivity contribution in [3.8, 4) is 0 Å². The van der Waals surface area contributed by atoms with E-state index < -0.39 is 0 Å². The lowest BCUT2D eigenvalue weighted by atomic mass is 9.89. The molecule has 1 unspecified atom stereocenters. The number of hydrogen-bond acceptors (Lipinski definition) is 4. The molecule has 1 rings (SSSR count). The predicted octanol–water partition coefficient (Wildman–Crippen LogP) is 2.43. The lowest BCUT2D eigenvalue weighted by molar-refractivity contribution is -0.143. The summed E-state index contributed by atoms with van der Waals surface area (Å²) in [5.74, 6) is 0.721. The molecule has 1 atom stereocenters. The molecule has 1 aliphatic rings. The Morgan fingerprint density at radius 3 is 2.65 bits per heavy atom. The fourth-order valence-electron chi connectivity index (χ4n) is 3.02. The first-order chi connectivity index (χ1) is 9.67. The molecule has 0 spiro atoms. The molecular formula is C16H32N2O2. The third kappa shape index (κ3) is 6.71. The van der Waals surface area contributed by atoms with E-state index in [4.69, 9.17) is 4.74 Å². The lowest BCUT2D eigenvalue weighted by Crippen LogP contribution is -2.41. The van der Waals surface area contributed by atoms with Crippen LogP contribution in [-0.4, -0.2) is 50.7 Å². The van der Waals surface area contributed by atoms with Gasteiger partial charge < -0.3 is 15.0 Å². The Hall–Kier alpha value is -0.610. The van der Waals surface area contributed by atoms with E-state index in [2.05, 4.69) is 24.2 Å². The van der Waals surface area contributed by atoms with E-state index in [-0.39, 0.29) is 12.0 Å². The Kier molecular flexibility index (Phi) is 8.86. The predicted molar refractivity (Wildman–Crippen MR) is 82.8 cm³/mol. The van der Waals surface area contributed by atoms with Gasteiger partial charge in [0.25, 0.3) is 0 Å². The number of rotatable bonds is 9. The molecule has 118 valence electrons. The summed E-state index contributed by atoms with van der Waals surface area (Å²) < 4.78 is 4.87. The number of carbonyl (C=O) groups excluding carboxylic acids is 1. The highest BCUT2D eigenvalue weighted by atomic mass is 16.5. The first kappa shape index (κ1) is 17.4. The second kappa shape index (κ2) is 10.2. The van der Waals surface area contributed by atoms with Crippen LogP contribution >= 0.6 is 0 Å². The summed E-state index contributed by atoms with van der Waals surface area (Å²) in [4.78, 5) is 14.1. The van der Waals surface area contributed by atoms with E-state index in [0.717, 1.165) is 31.8 Å². The summed E-state index contributed by atoms with van der Waals surface area (Å²) in [6.07, 6.45) is 8.80. The molecule has 0 amide bonds. The molecule has 0 bridgehead atoms. The minimum atomic E-state index is -0.159. The summed E-state index contributed by atoms with van der Waals surface area (Å²) in [6.45, 7) is 5.09. The monoisotopic (exact) mass is 284 g/mol. The van der Waals surface area contributed by atoms with Gasteiger partial charge in [-0.2, -0.15) is 0 Å². The number of ether oxygens (including phenoxy) is 1. The highest BCUT2D eigenvalue weighted by Crippen LogP contribution is 2.24. The van der Waals surface area contributed by atoms with Gasteiger partial charge in [-0.05, 0) is 51.7 Å². The fourth-order valence-corrected chi connectivity index (χ4v) is 3.02. The zero-order valence-electron chi connectivity index (χ0n) is 13.5. The van der Waals surface area contributed by atoms with Crippen molar-refractivity contribution in [2.75, 3.05) is 33.8 Å². The van der Waals surface area contributed by atoms with Crippen molar-refractivity contribution in [1.82, 2.24) is 10.2 Å². The Morgan fingerprint density at radius 1 is 1.35 bits per heavy atom. The van der Waals surface area contributed by atoms with Gasteiger partial charge in [-0.15, -0.1) is 0 Å². The topological polar surface area (TPSA) is 41.6 Å². The number of nitrogens with zero attached hydrogens (tertiary/aromatic N) is 1. The van der Waals surface area contributed by atoms with Crippen LogP contribution in [0.15, 0.2) is 0 Å². The second-order valence-electron chi connectivity index (χ2n) is 6.08. The van der Waals surface area contributed by atoms with Crippen LogP contribution in [0.1, 0.15) is 51.9 Å². The molecule has 0 heterocycles. The molecule has 0 aliphatic heterocycles. The molecule has 0 radical (unpaired) electrons. The number of nitrogens with one attached hydrogen (secondary N) is 1. The van der Waals surface area contributed by atoms with Gasteiger partial charge in [-0.1, -0.05) is 26.2 Å². The minimum absolute atomic E-state index is 0.135. The van der Waals surface area contributed by atoms with Gasteiger partial charge in [0.2, 0.25) is 0 Å².